The van der Waals surface area contributed by atoms with Crippen molar-refractivity contribution in [3.05, 3.63) is 59.2 Å². The van der Waals surface area contributed by atoms with Gasteiger partial charge in [0.1, 0.15) is 0 Å². The molecule has 0 aromatic heterocycles. The molecule has 0 saturated heterocycles. The molecule has 3 nitrogen and oxygen atoms in total. The van der Waals surface area contributed by atoms with Crippen LogP contribution in [0.25, 0.3) is 0 Å². The van der Waals surface area contributed by atoms with Gasteiger partial charge in [-0.05, 0) is 110 Å². The summed E-state index contributed by atoms with van der Waals surface area (Å²) in [5, 5.41) is 0. The number of hydrogen-bond acceptors (Lipinski definition) is 3. The van der Waals surface area contributed by atoms with Crippen molar-refractivity contribution in [1.82, 2.24) is 0 Å². The van der Waals surface area contributed by atoms with Gasteiger partial charge >= 0.3 is 0 Å². The van der Waals surface area contributed by atoms with Gasteiger partial charge in [0, 0.05) is 17.4 Å². The van der Waals surface area contributed by atoms with Crippen molar-refractivity contribution in [3.8, 4) is 0 Å². The SMILES string of the molecule is Nc1cc(N)cc(Cc2ccc(C3CCC(C4CCC(N)CC4)CC3)cc2)c1. The van der Waals surface area contributed by atoms with E-state index >= 15 is 0 Å². The van der Waals surface area contributed by atoms with Crippen molar-refractivity contribution in [2.45, 2.75) is 69.7 Å². The Hall–Kier alpha value is -2.00. The van der Waals surface area contributed by atoms with E-state index in [4.69, 9.17) is 17.2 Å². The van der Waals surface area contributed by atoms with Gasteiger partial charge in [-0.1, -0.05) is 24.3 Å². The van der Waals surface area contributed by atoms with E-state index in [0.717, 1.165) is 35.5 Å². The monoisotopic (exact) mass is 377 g/mol. The quantitative estimate of drug-likeness (QED) is 0.638. The zero-order valence-electron chi connectivity index (χ0n) is 16.9. The van der Waals surface area contributed by atoms with Gasteiger partial charge in [0.05, 0.1) is 0 Å². The molecule has 2 aliphatic rings. The highest BCUT2D eigenvalue weighted by Gasteiger charge is 2.30. The van der Waals surface area contributed by atoms with E-state index < -0.39 is 0 Å². The van der Waals surface area contributed by atoms with E-state index in [2.05, 4.69) is 24.3 Å². The van der Waals surface area contributed by atoms with E-state index in [9.17, 15) is 0 Å². The van der Waals surface area contributed by atoms with Crippen LogP contribution in [0.4, 0.5) is 11.4 Å². The van der Waals surface area contributed by atoms with Crippen LogP contribution in [0.15, 0.2) is 42.5 Å². The summed E-state index contributed by atoms with van der Waals surface area (Å²) in [4.78, 5) is 0. The molecule has 2 fully saturated rings. The molecule has 6 N–H and O–H groups in total. The molecule has 150 valence electrons. The van der Waals surface area contributed by atoms with Crippen LogP contribution in [0.5, 0.6) is 0 Å². The Kier molecular flexibility index (Phi) is 5.91. The second-order valence-corrected chi connectivity index (χ2v) is 9.21. The molecule has 28 heavy (non-hydrogen) atoms. The molecular weight excluding hydrogens is 342 g/mol. The van der Waals surface area contributed by atoms with E-state index in [1.807, 2.05) is 18.2 Å². The van der Waals surface area contributed by atoms with E-state index in [1.54, 1.807) is 0 Å². The Morgan fingerprint density at radius 2 is 1.18 bits per heavy atom. The number of benzene rings is 2. The highest BCUT2D eigenvalue weighted by Crippen LogP contribution is 2.42. The molecule has 2 aliphatic carbocycles. The Morgan fingerprint density at radius 1 is 0.643 bits per heavy atom. The van der Waals surface area contributed by atoms with Gasteiger partial charge in [0.2, 0.25) is 0 Å². The highest BCUT2D eigenvalue weighted by atomic mass is 14.6. The Balaban J connectivity index is 1.32. The number of nitrogens with two attached hydrogens (primary N) is 3. The number of nitrogen functional groups attached to an aromatic ring is 2. The summed E-state index contributed by atoms with van der Waals surface area (Å²) in [5.74, 6) is 2.62. The van der Waals surface area contributed by atoms with Crippen molar-refractivity contribution in [1.29, 1.82) is 0 Å². The predicted molar refractivity (Wildman–Crippen MR) is 119 cm³/mol. The van der Waals surface area contributed by atoms with Crippen LogP contribution in [0, 0.1) is 11.8 Å². The zero-order chi connectivity index (χ0) is 19.5. The van der Waals surface area contributed by atoms with Crippen molar-refractivity contribution in [2.75, 3.05) is 11.5 Å². The number of anilines is 2. The summed E-state index contributed by atoms with van der Waals surface area (Å²) < 4.78 is 0. The molecule has 0 aliphatic heterocycles. The Labute approximate surface area is 169 Å². The van der Waals surface area contributed by atoms with Crippen LogP contribution in [0.2, 0.25) is 0 Å². The standard InChI is InChI=1S/C25H35N3/c26-23-11-9-22(10-12-23)21-7-5-20(6-8-21)19-3-1-17(2-4-19)13-18-14-24(27)16-25(28)15-18/h1-4,14-16,20-23H,5-13,26-28H2. The summed E-state index contributed by atoms with van der Waals surface area (Å²) in [6.45, 7) is 0. The molecule has 0 unspecified atom stereocenters. The number of rotatable bonds is 4. The molecule has 3 heteroatoms. The molecule has 0 spiro atoms. The van der Waals surface area contributed by atoms with Crippen LogP contribution in [-0.2, 0) is 6.42 Å². The van der Waals surface area contributed by atoms with Crippen LogP contribution < -0.4 is 17.2 Å². The van der Waals surface area contributed by atoms with Crippen molar-refractivity contribution in [2.24, 2.45) is 17.6 Å². The van der Waals surface area contributed by atoms with Crippen molar-refractivity contribution in [3.63, 3.8) is 0 Å². The molecule has 0 heterocycles. The van der Waals surface area contributed by atoms with Crippen LogP contribution in [-0.4, -0.2) is 6.04 Å². The lowest BCUT2D eigenvalue weighted by atomic mass is 9.69. The fourth-order valence-electron chi connectivity index (χ4n) is 5.53. The first-order valence-corrected chi connectivity index (χ1v) is 11.1. The van der Waals surface area contributed by atoms with Crippen molar-refractivity contribution >= 4 is 11.4 Å². The second-order valence-electron chi connectivity index (χ2n) is 9.21. The minimum atomic E-state index is 0.467. The summed E-state index contributed by atoms with van der Waals surface area (Å²) >= 11 is 0. The van der Waals surface area contributed by atoms with Crippen LogP contribution in [0.1, 0.15) is 74.0 Å². The fourth-order valence-corrected chi connectivity index (χ4v) is 5.53. The first-order chi connectivity index (χ1) is 13.6. The predicted octanol–water partition coefficient (Wildman–Crippen LogP) is 5.23. The van der Waals surface area contributed by atoms with Crippen LogP contribution >= 0.6 is 0 Å². The molecule has 0 radical (unpaired) electrons. The highest BCUT2D eigenvalue weighted by molar-refractivity contribution is 5.55. The maximum absolute atomic E-state index is 6.09. The molecule has 2 aromatic carbocycles. The molecule has 0 bridgehead atoms. The minimum absolute atomic E-state index is 0.467. The average molecular weight is 378 g/mol. The molecule has 2 saturated carbocycles. The van der Waals surface area contributed by atoms with Gasteiger partial charge in [-0.2, -0.15) is 0 Å². The van der Waals surface area contributed by atoms with Gasteiger partial charge in [-0.25, -0.2) is 0 Å². The first-order valence-electron chi connectivity index (χ1n) is 11.1. The van der Waals surface area contributed by atoms with E-state index in [-0.39, 0.29) is 0 Å². The molecular formula is C25H35N3. The number of hydrogen-bond donors (Lipinski definition) is 3. The molecule has 0 amide bonds. The molecule has 2 aromatic rings. The maximum atomic E-state index is 6.09. The Morgan fingerprint density at radius 3 is 1.75 bits per heavy atom. The normalized spacial score (nSPS) is 28.2. The summed E-state index contributed by atoms with van der Waals surface area (Å²) in [7, 11) is 0. The third-order valence-electron chi connectivity index (χ3n) is 7.15. The summed E-state index contributed by atoms with van der Waals surface area (Å²) in [6.07, 6.45) is 11.6. The van der Waals surface area contributed by atoms with E-state index in [1.165, 1.54) is 68.1 Å². The second kappa shape index (κ2) is 8.57. The smallest absolute Gasteiger partial charge is 0.0337 e. The molecule has 4 rings (SSSR count). The average Bonchev–Trinajstić information content (AvgIpc) is 2.69. The summed E-state index contributed by atoms with van der Waals surface area (Å²) in [5.41, 5.74) is 23.4. The maximum Gasteiger partial charge on any atom is 0.0337 e. The van der Waals surface area contributed by atoms with Gasteiger partial charge in [0.15, 0.2) is 0 Å². The minimum Gasteiger partial charge on any atom is -0.399 e. The lowest BCUT2D eigenvalue weighted by molar-refractivity contribution is 0.177. The first kappa shape index (κ1) is 19.3. The van der Waals surface area contributed by atoms with Gasteiger partial charge < -0.3 is 17.2 Å². The lowest BCUT2D eigenvalue weighted by Gasteiger charge is -2.37. The van der Waals surface area contributed by atoms with Crippen molar-refractivity contribution < 1.29 is 0 Å². The summed E-state index contributed by atoms with van der Waals surface area (Å²) in [6, 6.07) is 15.6. The fraction of sp³-hybridized carbons (Fsp3) is 0.520. The largest absolute Gasteiger partial charge is 0.399 e. The third kappa shape index (κ3) is 4.70. The molecule has 0 atom stereocenters. The van der Waals surface area contributed by atoms with Gasteiger partial charge in [0.25, 0.3) is 0 Å². The third-order valence-corrected chi connectivity index (χ3v) is 7.15. The van der Waals surface area contributed by atoms with Gasteiger partial charge in [-0.15, -0.1) is 0 Å². The Bertz CT molecular complexity index is 747. The van der Waals surface area contributed by atoms with E-state index in [0.29, 0.717) is 6.04 Å². The van der Waals surface area contributed by atoms with Gasteiger partial charge in [-0.3, -0.25) is 0 Å². The van der Waals surface area contributed by atoms with Crippen LogP contribution in [0.3, 0.4) is 0 Å². The topological polar surface area (TPSA) is 78.1 Å². The zero-order valence-corrected chi connectivity index (χ0v) is 16.9. The lowest BCUT2D eigenvalue weighted by Crippen LogP contribution is -2.31.